The number of amides is 1. The number of carboxylic acids is 1. The summed E-state index contributed by atoms with van der Waals surface area (Å²) in [6.45, 7) is -0.236. The van der Waals surface area contributed by atoms with Crippen LogP contribution in [0, 0.1) is 0 Å². The van der Waals surface area contributed by atoms with Gasteiger partial charge >= 0.3 is 12.1 Å². The molecule has 1 aromatic carbocycles. The molecule has 1 aromatic rings. The molecule has 9 nitrogen and oxygen atoms in total. The van der Waals surface area contributed by atoms with Crippen LogP contribution >= 0.6 is 0 Å². The average molecular weight is 306 g/mol. The number of aliphatic hydroxyl groups is 1. The number of nitrogens with zero attached hydrogens (tertiary/aromatic N) is 4. The molecule has 0 aromatic heterocycles. The smallest absolute Gasteiger partial charge is 0.410 e. The van der Waals surface area contributed by atoms with E-state index >= 15 is 0 Å². The first kappa shape index (κ1) is 15.6. The molecule has 0 bridgehead atoms. The second-order valence-corrected chi connectivity index (χ2v) is 4.74. The van der Waals surface area contributed by atoms with Gasteiger partial charge in [0.25, 0.3) is 0 Å². The lowest BCUT2D eigenvalue weighted by Gasteiger charge is -2.21. The molecule has 1 saturated heterocycles. The van der Waals surface area contributed by atoms with Gasteiger partial charge in [0.15, 0.2) is 6.04 Å². The highest BCUT2D eigenvalue weighted by Gasteiger charge is 2.47. The van der Waals surface area contributed by atoms with Crippen molar-refractivity contribution in [3.63, 3.8) is 0 Å². The Hall–Kier alpha value is -2.77. The number of azide groups is 1. The largest absolute Gasteiger partial charge is 0.480 e. The van der Waals surface area contributed by atoms with Gasteiger partial charge in [0.2, 0.25) is 0 Å². The topological polar surface area (TPSA) is 136 Å². The fourth-order valence-electron chi connectivity index (χ4n) is 2.26. The second kappa shape index (κ2) is 6.79. The van der Waals surface area contributed by atoms with Crippen LogP contribution in [0.2, 0.25) is 0 Å². The van der Waals surface area contributed by atoms with Crippen LogP contribution in [0.15, 0.2) is 35.4 Å². The van der Waals surface area contributed by atoms with E-state index in [0.29, 0.717) is 0 Å². The number of aliphatic carboxylic acids is 1. The number of hydrogen-bond donors (Lipinski definition) is 2. The van der Waals surface area contributed by atoms with Crippen molar-refractivity contribution in [1.82, 2.24) is 4.90 Å². The summed E-state index contributed by atoms with van der Waals surface area (Å²) < 4.78 is 5.04. The first-order chi connectivity index (χ1) is 10.5. The summed E-state index contributed by atoms with van der Waals surface area (Å²) in [5, 5.41) is 22.3. The van der Waals surface area contributed by atoms with Crippen molar-refractivity contribution in [2.75, 3.05) is 6.54 Å². The van der Waals surface area contributed by atoms with Crippen LogP contribution in [-0.2, 0) is 16.1 Å². The van der Waals surface area contributed by atoms with E-state index in [-0.39, 0.29) is 13.2 Å². The van der Waals surface area contributed by atoms with Crippen molar-refractivity contribution >= 4 is 12.1 Å². The first-order valence-corrected chi connectivity index (χ1v) is 6.47. The van der Waals surface area contributed by atoms with E-state index in [0.717, 1.165) is 10.5 Å². The van der Waals surface area contributed by atoms with Gasteiger partial charge in [-0.05, 0) is 11.1 Å². The standard InChI is InChI=1S/C13H14N4O5/c14-16-15-9-6-17(10(11(9)18)12(19)20)13(21)22-7-8-4-2-1-3-5-8/h1-5,9-11,18H,6-7H2,(H,19,20)/t9-,10-,11+/m0/s1. The maximum Gasteiger partial charge on any atom is 0.410 e. The molecule has 22 heavy (non-hydrogen) atoms. The highest BCUT2D eigenvalue weighted by molar-refractivity contribution is 5.81. The van der Waals surface area contributed by atoms with E-state index in [4.69, 9.17) is 15.4 Å². The van der Waals surface area contributed by atoms with Crippen LogP contribution in [0.5, 0.6) is 0 Å². The van der Waals surface area contributed by atoms with Gasteiger partial charge in [0.1, 0.15) is 6.61 Å². The number of carboxylic acid groups (broad SMARTS) is 1. The zero-order valence-corrected chi connectivity index (χ0v) is 11.4. The van der Waals surface area contributed by atoms with Gasteiger partial charge < -0.3 is 14.9 Å². The van der Waals surface area contributed by atoms with Gasteiger partial charge in [0, 0.05) is 11.5 Å². The lowest BCUT2D eigenvalue weighted by atomic mass is 10.1. The van der Waals surface area contributed by atoms with E-state index in [2.05, 4.69) is 10.0 Å². The molecule has 0 aliphatic carbocycles. The quantitative estimate of drug-likeness (QED) is 0.488. The summed E-state index contributed by atoms with van der Waals surface area (Å²) in [7, 11) is 0. The Morgan fingerprint density at radius 2 is 2.09 bits per heavy atom. The number of carbonyl (C=O) groups excluding carboxylic acids is 1. The third-order valence-corrected chi connectivity index (χ3v) is 3.33. The minimum Gasteiger partial charge on any atom is -0.480 e. The minimum absolute atomic E-state index is 0.0230. The van der Waals surface area contributed by atoms with Crippen LogP contribution in [0.1, 0.15) is 5.56 Å². The van der Waals surface area contributed by atoms with Crippen molar-refractivity contribution in [3.05, 3.63) is 46.3 Å². The molecule has 1 aliphatic rings. The molecule has 116 valence electrons. The van der Waals surface area contributed by atoms with Gasteiger partial charge in [-0.1, -0.05) is 35.4 Å². The molecule has 0 unspecified atom stereocenters. The third-order valence-electron chi connectivity index (χ3n) is 3.33. The number of ether oxygens (including phenoxy) is 1. The summed E-state index contributed by atoms with van der Waals surface area (Å²) in [4.78, 5) is 26.6. The summed E-state index contributed by atoms with van der Waals surface area (Å²) in [6, 6.07) is 6.36. The lowest BCUT2D eigenvalue weighted by Crippen LogP contribution is -2.45. The fourth-order valence-corrected chi connectivity index (χ4v) is 2.26. The number of hydrogen-bond acceptors (Lipinski definition) is 5. The van der Waals surface area contributed by atoms with Crippen LogP contribution in [0.4, 0.5) is 4.79 Å². The van der Waals surface area contributed by atoms with E-state index < -0.39 is 30.3 Å². The van der Waals surface area contributed by atoms with Crippen molar-refractivity contribution < 1.29 is 24.5 Å². The Labute approximate surface area is 125 Å². The van der Waals surface area contributed by atoms with Crippen molar-refractivity contribution in [3.8, 4) is 0 Å². The Morgan fingerprint density at radius 3 is 2.68 bits per heavy atom. The highest BCUT2D eigenvalue weighted by Crippen LogP contribution is 2.23. The number of rotatable bonds is 4. The molecule has 0 radical (unpaired) electrons. The van der Waals surface area contributed by atoms with Crippen molar-refractivity contribution in [2.45, 2.75) is 24.8 Å². The van der Waals surface area contributed by atoms with E-state index in [1.165, 1.54) is 0 Å². The van der Waals surface area contributed by atoms with Gasteiger partial charge in [-0.15, -0.1) is 0 Å². The van der Waals surface area contributed by atoms with Gasteiger partial charge in [0.05, 0.1) is 12.1 Å². The van der Waals surface area contributed by atoms with Crippen LogP contribution in [0.25, 0.3) is 10.4 Å². The van der Waals surface area contributed by atoms with Gasteiger partial charge in [-0.25, -0.2) is 9.59 Å². The predicted molar refractivity (Wildman–Crippen MR) is 73.7 cm³/mol. The molecule has 0 spiro atoms. The Balaban J connectivity index is 2.06. The Kier molecular flexibility index (Phi) is 4.82. The van der Waals surface area contributed by atoms with E-state index in [9.17, 15) is 14.7 Å². The lowest BCUT2D eigenvalue weighted by molar-refractivity contribution is -0.144. The van der Waals surface area contributed by atoms with E-state index in [1.54, 1.807) is 24.3 Å². The zero-order valence-electron chi connectivity index (χ0n) is 11.4. The minimum atomic E-state index is -1.50. The number of likely N-dealkylation sites (tertiary alicyclic amines) is 1. The summed E-state index contributed by atoms with van der Waals surface area (Å²) in [6.07, 6.45) is -2.36. The van der Waals surface area contributed by atoms with Gasteiger partial charge in [-0.3, -0.25) is 4.90 Å². The number of benzene rings is 1. The third kappa shape index (κ3) is 3.27. The molecular formula is C13H14N4O5. The van der Waals surface area contributed by atoms with Crippen molar-refractivity contribution in [1.29, 1.82) is 0 Å². The molecule has 2 rings (SSSR count). The maximum atomic E-state index is 12.0. The molecule has 0 saturated carbocycles. The molecule has 1 fully saturated rings. The number of aliphatic hydroxyl groups excluding tert-OH is 1. The summed E-state index contributed by atoms with van der Waals surface area (Å²) in [5.74, 6) is -1.39. The van der Waals surface area contributed by atoms with Crippen LogP contribution < -0.4 is 0 Å². The molecule has 2 N–H and O–H groups in total. The monoisotopic (exact) mass is 306 g/mol. The average Bonchev–Trinajstić information content (AvgIpc) is 2.83. The van der Waals surface area contributed by atoms with Gasteiger partial charge in [-0.2, -0.15) is 0 Å². The molecule has 1 amide bonds. The molecular weight excluding hydrogens is 292 g/mol. The zero-order chi connectivity index (χ0) is 16.1. The highest BCUT2D eigenvalue weighted by atomic mass is 16.6. The number of carbonyl (C=O) groups is 2. The first-order valence-electron chi connectivity index (χ1n) is 6.47. The van der Waals surface area contributed by atoms with Crippen LogP contribution in [-0.4, -0.2) is 51.9 Å². The van der Waals surface area contributed by atoms with Crippen LogP contribution in [0.3, 0.4) is 0 Å². The summed E-state index contributed by atoms with van der Waals surface area (Å²) >= 11 is 0. The Bertz CT molecular complexity index is 602. The SMILES string of the molecule is [N-]=[N+]=N[C@H]1CN(C(=O)OCc2ccccc2)[C@H](C(=O)O)[C@@H]1O. The van der Waals surface area contributed by atoms with Crippen molar-refractivity contribution in [2.24, 2.45) is 5.11 Å². The molecule has 3 atom stereocenters. The maximum absolute atomic E-state index is 12.0. The second-order valence-electron chi connectivity index (χ2n) is 4.74. The molecule has 1 heterocycles. The molecule has 9 heteroatoms. The molecule has 1 aliphatic heterocycles. The fraction of sp³-hybridized carbons (Fsp3) is 0.385. The normalized spacial score (nSPS) is 23.7. The Morgan fingerprint density at radius 1 is 1.41 bits per heavy atom. The van der Waals surface area contributed by atoms with E-state index in [1.807, 2.05) is 6.07 Å². The predicted octanol–water partition coefficient (Wildman–Crippen LogP) is 1.13. The summed E-state index contributed by atoms with van der Waals surface area (Å²) in [5.41, 5.74) is 9.16.